The molecule has 0 spiro atoms. The van der Waals surface area contributed by atoms with Crippen LogP contribution in [0.5, 0.6) is 0 Å². The molecular weight excluding hydrogens is 270 g/mol. The molecule has 2 heterocycles. The van der Waals surface area contributed by atoms with Crippen molar-refractivity contribution in [2.45, 2.75) is 46.6 Å². The van der Waals surface area contributed by atoms with Gasteiger partial charge in [0.2, 0.25) is 5.91 Å². The van der Waals surface area contributed by atoms with E-state index in [0.29, 0.717) is 36.6 Å². The van der Waals surface area contributed by atoms with Gasteiger partial charge in [-0.25, -0.2) is 5.84 Å². The van der Waals surface area contributed by atoms with Crippen LogP contribution >= 0.6 is 0 Å². The lowest BCUT2D eigenvalue weighted by Gasteiger charge is -2.22. The van der Waals surface area contributed by atoms with Crippen LogP contribution in [0, 0.1) is 12.3 Å². The fourth-order valence-electron chi connectivity index (χ4n) is 2.57. The van der Waals surface area contributed by atoms with Gasteiger partial charge < -0.3 is 9.32 Å². The van der Waals surface area contributed by atoms with Gasteiger partial charge in [-0.15, -0.1) is 0 Å². The maximum Gasteiger partial charge on any atom is 0.268 e. The topological polar surface area (TPSA) is 88.6 Å². The first kappa shape index (κ1) is 15.6. The number of rotatable bonds is 3. The summed E-state index contributed by atoms with van der Waals surface area (Å²) >= 11 is 0. The Kier molecular flexibility index (Phi) is 4.37. The molecule has 0 bridgehead atoms. The Morgan fingerprint density at radius 1 is 1.48 bits per heavy atom. The molecule has 1 aliphatic rings. The van der Waals surface area contributed by atoms with Gasteiger partial charge in [0.1, 0.15) is 11.5 Å². The Hall–Kier alpha value is -1.82. The summed E-state index contributed by atoms with van der Waals surface area (Å²) in [5.41, 5.74) is 2.69. The first-order valence-electron chi connectivity index (χ1n) is 7.20. The molecule has 2 rings (SSSR count). The quantitative estimate of drug-likeness (QED) is 0.504. The number of hydrogen-bond acceptors (Lipinski definition) is 4. The third kappa shape index (κ3) is 3.64. The second-order valence-electron chi connectivity index (χ2n) is 6.39. The highest BCUT2D eigenvalue weighted by atomic mass is 16.3. The summed E-state index contributed by atoms with van der Waals surface area (Å²) in [6.45, 7) is 7.19. The number of nitrogen functional groups attached to an aromatic ring is 1. The smallest absolute Gasteiger partial charge is 0.268 e. The molecule has 0 aromatic carbocycles. The summed E-state index contributed by atoms with van der Waals surface area (Å²) in [4.78, 5) is 25.5. The van der Waals surface area contributed by atoms with Crippen molar-refractivity contribution in [3.63, 3.8) is 0 Å². The third-order valence-electron chi connectivity index (χ3n) is 4.12. The van der Waals surface area contributed by atoms with E-state index in [4.69, 9.17) is 10.3 Å². The minimum atomic E-state index is -0.383. The lowest BCUT2D eigenvalue weighted by atomic mass is 9.85. The largest absolute Gasteiger partial charge is 0.464 e. The fourth-order valence-corrected chi connectivity index (χ4v) is 2.57. The van der Waals surface area contributed by atoms with E-state index in [-0.39, 0.29) is 17.2 Å². The maximum absolute atomic E-state index is 12.2. The Balaban J connectivity index is 2.10. The monoisotopic (exact) mass is 293 g/mol. The molecule has 21 heavy (non-hydrogen) atoms. The lowest BCUT2D eigenvalue weighted by Crippen LogP contribution is -2.30. The average molecular weight is 293 g/mol. The minimum absolute atomic E-state index is 0.138. The van der Waals surface area contributed by atoms with Crippen molar-refractivity contribution in [3.05, 3.63) is 23.2 Å². The van der Waals surface area contributed by atoms with Crippen LogP contribution in [-0.4, -0.2) is 23.3 Å². The zero-order valence-electron chi connectivity index (χ0n) is 12.9. The average Bonchev–Trinajstić information content (AvgIpc) is 2.74. The van der Waals surface area contributed by atoms with E-state index in [2.05, 4.69) is 19.3 Å². The number of hydrogen-bond donors (Lipinski definition) is 2. The van der Waals surface area contributed by atoms with Crippen LogP contribution < -0.4 is 11.3 Å². The molecule has 0 atom stereocenters. The van der Waals surface area contributed by atoms with Crippen molar-refractivity contribution in [2.75, 3.05) is 6.54 Å². The number of amides is 2. The fraction of sp³-hybridized carbons (Fsp3) is 0.600. The Labute approximate surface area is 124 Å². The zero-order valence-corrected chi connectivity index (χ0v) is 12.9. The summed E-state index contributed by atoms with van der Waals surface area (Å²) in [5, 5.41) is 0. The van der Waals surface area contributed by atoms with Crippen molar-refractivity contribution >= 4 is 11.8 Å². The Morgan fingerprint density at radius 2 is 2.19 bits per heavy atom. The number of aryl methyl sites for hydroxylation is 1. The van der Waals surface area contributed by atoms with E-state index in [9.17, 15) is 9.59 Å². The maximum atomic E-state index is 12.2. The summed E-state index contributed by atoms with van der Waals surface area (Å²) in [6, 6.07) is 1.65. The highest BCUT2D eigenvalue weighted by molar-refractivity contribution is 5.94. The summed E-state index contributed by atoms with van der Waals surface area (Å²) in [5.74, 6) is 6.01. The molecule has 1 aromatic rings. The molecular formula is C15H23N3O3. The van der Waals surface area contributed by atoms with Gasteiger partial charge in [0.15, 0.2) is 0 Å². The van der Waals surface area contributed by atoms with Gasteiger partial charge in [0, 0.05) is 13.0 Å². The molecule has 0 aliphatic carbocycles. The van der Waals surface area contributed by atoms with Gasteiger partial charge in [-0.3, -0.25) is 15.0 Å². The van der Waals surface area contributed by atoms with Crippen LogP contribution in [0.3, 0.4) is 0 Å². The zero-order chi connectivity index (χ0) is 15.6. The summed E-state index contributed by atoms with van der Waals surface area (Å²) in [6.07, 6.45) is 2.43. The van der Waals surface area contributed by atoms with Crippen LogP contribution in [0.15, 0.2) is 10.5 Å². The lowest BCUT2D eigenvalue weighted by molar-refractivity contribution is -0.131. The molecule has 0 radical (unpaired) electrons. The number of carbonyl (C=O) groups excluding carboxylic acids is 2. The summed E-state index contributed by atoms with van der Waals surface area (Å²) < 4.78 is 5.57. The van der Waals surface area contributed by atoms with Crippen molar-refractivity contribution in [1.82, 2.24) is 10.3 Å². The minimum Gasteiger partial charge on any atom is -0.464 e. The van der Waals surface area contributed by atoms with E-state index in [1.54, 1.807) is 17.9 Å². The van der Waals surface area contributed by atoms with Crippen molar-refractivity contribution < 1.29 is 14.0 Å². The van der Waals surface area contributed by atoms with E-state index < -0.39 is 0 Å². The number of furan rings is 1. The second kappa shape index (κ2) is 5.89. The van der Waals surface area contributed by atoms with E-state index in [1.807, 2.05) is 0 Å². The molecule has 0 saturated carbocycles. The number of nitrogens with zero attached hydrogens (tertiary/aromatic N) is 1. The van der Waals surface area contributed by atoms with Crippen LogP contribution in [0.25, 0.3) is 0 Å². The van der Waals surface area contributed by atoms with Crippen molar-refractivity contribution in [2.24, 2.45) is 11.3 Å². The highest BCUT2D eigenvalue weighted by Crippen LogP contribution is 2.31. The number of likely N-dealkylation sites (tertiary alicyclic amines) is 1. The molecule has 116 valence electrons. The first-order valence-corrected chi connectivity index (χ1v) is 7.20. The van der Waals surface area contributed by atoms with E-state index in [1.165, 1.54) is 0 Å². The van der Waals surface area contributed by atoms with E-state index in [0.717, 1.165) is 12.8 Å². The number of carbonyl (C=O) groups is 2. The Morgan fingerprint density at radius 3 is 2.86 bits per heavy atom. The van der Waals surface area contributed by atoms with E-state index >= 15 is 0 Å². The molecule has 6 nitrogen and oxygen atoms in total. The highest BCUT2D eigenvalue weighted by Gasteiger charge is 2.28. The molecule has 3 N–H and O–H groups in total. The normalized spacial score (nSPS) is 18.5. The van der Waals surface area contributed by atoms with Gasteiger partial charge in [0.05, 0.1) is 12.1 Å². The van der Waals surface area contributed by atoms with Crippen LogP contribution in [0.1, 0.15) is 55.0 Å². The molecule has 1 aromatic heterocycles. The van der Waals surface area contributed by atoms with Crippen molar-refractivity contribution in [3.8, 4) is 0 Å². The molecule has 2 amide bonds. The molecule has 1 saturated heterocycles. The predicted octanol–water partition coefficient (Wildman–Crippen LogP) is 1.73. The second-order valence-corrected chi connectivity index (χ2v) is 6.39. The van der Waals surface area contributed by atoms with Gasteiger partial charge in [-0.05, 0) is 31.2 Å². The van der Waals surface area contributed by atoms with Gasteiger partial charge in [-0.1, -0.05) is 13.8 Å². The van der Waals surface area contributed by atoms with Crippen molar-refractivity contribution in [1.29, 1.82) is 0 Å². The SMILES string of the molecule is Cc1oc(CN2CCC(C)(C)CCC2=O)cc1C(=O)NN. The van der Waals surface area contributed by atoms with Gasteiger partial charge >= 0.3 is 0 Å². The Bertz CT molecular complexity index is 548. The summed E-state index contributed by atoms with van der Waals surface area (Å²) in [7, 11) is 0. The van der Waals surface area contributed by atoms with Crippen LogP contribution in [0.4, 0.5) is 0 Å². The van der Waals surface area contributed by atoms with Crippen LogP contribution in [0.2, 0.25) is 0 Å². The first-order chi connectivity index (χ1) is 9.82. The molecule has 1 fully saturated rings. The number of nitrogens with two attached hydrogens (primary N) is 1. The molecule has 0 unspecified atom stereocenters. The third-order valence-corrected chi connectivity index (χ3v) is 4.12. The number of nitrogens with one attached hydrogen (secondary N) is 1. The predicted molar refractivity (Wildman–Crippen MR) is 78.1 cm³/mol. The molecule has 6 heteroatoms. The molecule has 1 aliphatic heterocycles. The van der Waals surface area contributed by atoms with Gasteiger partial charge in [0.25, 0.3) is 5.91 Å². The number of hydrazine groups is 1. The van der Waals surface area contributed by atoms with Gasteiger partial charge in [-0.2, -0.15) is 0 Å². The standard InChI is InChI=1S/C15H23N3O3/c1-10-12(14(20)17-16)8-11(21-10)9-18-7-6-15(2,3)5-4-13(18)19/h8H,4-7,9,16H2,1-3H3,(H,17,20). The van der Waals surface area contributed by atoms with Crippen LogP contribution in [-0.2, 0) is 11.3 Å².